The van der Waals surface area contributed by atoms with Crippen LogP contribution in [-0.2, 0) is 0 Å². The Morgan fingerprint density at radius 2 is 1.50 bits per heavy atom. The van der Waals surface area contributed by atoms with Gasteiger partial charge in [0.2, 0.25) is 0 Å². The lowest BCUT2D eigenvalue weighted by molar-refractivity contribution is 0.302. The first-order valence-electron chi connectivity index (χ1n) is 10.7. The second-order valence-corrected chi connectivity index (χ2v) is 8.88. The van der Waals surface area contributed by atoms with Crippen molar-refractivity contribution in [1.29, 1.82) is 0 Å². The molecule has 0 unspecified atom stereocenters. The molecule has 0 amide bonds. The first-order chi connectivity index (χ1) is 12.7. The fraction of sp³-hybridized carbons (Fsp3) is 0.600. The van der Waals surface area contributed by atoms with Crippen molar-refractivity contribution in [2.45, 2.75) is 70.6 Å². The Hall–Kier alpha value is -1.50. The Labute approximate surface area is 159 Å². The van der Waals surface area contributed by atoms with Crippen LogP contribution < -0.4 is 4.74 Å². The number of hydrogen-bond acceptors (Lipinski definition) is 1. The van der Waals surface area contributed by atoms with Crippen molar-refractivity contribution in [3.8, 4) is 5.75 Å². The van der Waals surface area contributed by atoms with Crippen LogP contribution in [0.15, 0.2) is 48.1 Å². The summed E-state index contributed by atoms with van der Waals surface area (Å²) in [5.74, 6) is 3.37. The van der Waals surface area contributed by atoms with E-state index in [4.69, 9.17) is 4.74 Å². The van der Waals surface area contributed by atoms with Gasteiger partial charge in [0.1, 0.15) is 5.75 Å². The number of rotatable bonds is 4. The van der Waals surface area contributed by atoms with E-state index in [0.29, 0.717) is 5.41 Å². The Morgan fingerprint density at radius 3 is 2.04 bits per heavy atom. The summed E-state index contributed by atoms with van der Waals surface area (Å²) in [5.41, 5.74) is 3.90. The van der Waals surface area contributed by atoms with Crippen LogP contribution in [0.1, 0.15) is 76.2 Å². The lowest BCUT2D eigenvalue weighted by Gasteiger charge is -2.29. The van der Waals surface area contributed by atoms with Gasteiger partial charge in [-0.1, -0.05) is 35.9 Å². The summed E-state index contributed by atoms with van der Waals surface area (Å²) < 4.78 is 5.28. The molecule has 0 bridgehead atoms. The van der Waals surface area contributed by atoms with Gasteiger partial charge in [-0.3, -0.25) is 0 Å². The van der Waals surface area contributed by atoms with Crippen LogP contribution in [0.25, 0.3) is 0 Å². The first kappa shape index (κ1) is 17.9. The van der Waals surface area contributed by atoms with E-state index in [9.17, 15) is 0 Å². The summed E-state index contributed by atoms with van der Waals surface area (Å²) >= 11 is 0. The third-order valence-corrected chi connectivity index (χ3v) is 7.44. The topological polar surface area (TPSA) is 9.23 Å². The predicted octanol–water partition coefficient (Wildman–Crippen LogP) is 7.05. The van der Waals surface area contributed by atoms with Gasteiger partial charge in [0, 0.05) is 0 Å². The molecule has 3 fully saturated rings. The van der Waals surface area contributed by atoms with E-state index in [1.165, 1.54) is 63.4 Å². The maximum atomic E-state index is 5.28. The Balaban J connectivity index is 1.23. The third kappa shape index (κ3) is 3.77. The van der Waals surface area contributed by atoms with Crippen LogP contribution in [0, 0.1) is 17.3 Å². The van der Waals surface area contributed by atoms with Gasteiger partial charge >= 0.3 is 0 Å². The summed E-state index contributed by atoms with van der Waals surface area (Å²) in [6.45, 7) is 2.22. The normalized spacial score (nSPS) is 35.9. The molecular weight excluding hydrogens is 316 g/mol. The van der Waals surface area contributed by atoms with Crippen molar-refractivity contribution in [3.63, 3.8) is 0 Å². The Morgan fingerprint density at radius 1 is 0.885 bits per heavy atom. The molecule has 0 aromatic heterocycles. The minimum absolute atomic E-state index is 0.662. The third-order valence-electron chi connectivity index (χ3n) is 7.44. The predicted molar refractivity (Wildman–Crippen MR) is 110 cm³/mol. The van der Waals surface area contributed by atoms with E-state index in [2.05, 4.69) is 49.4 Å². The number of allylic oxidation sites excluding steroid dienone is 4. The van der Waals surface area contributed by atoms with Gasteiger partial charge < -0.3 is 4.74 Å². The minimum atomic E-state index is 0.662. The molecule has 0 aliphatic heterocycles. The van der Waals surface area contributed by atoms with Crippen molar-refractivity contribution in [2.75, 3.05) is 7.11 Å². The summed E-state index contributed by atoms with van der Waals surface area (Å²) in [6, 6.07) is 8.73. The fourth-order valence-electron chi connectivity index (χ4n) is 5.45. The molecule has 3 aliphatic rings. The zero-order valence-corrected chi connectivity index (χ0v) is 16.5. The molecule has 1 aromatic carbocycles. The smallest absolute Gasteiger partial charge is 0.118 e. The maximum absolute atomic E-state index is 5.28. The molecule has 0 radical (unpaired) electrons. The van der Waals surface area contributed by atoms with Crippen LogP contribution in [0.3, 0.4) is 0 Å². The number of ether oxygens (including phenoxy) is 1. The Bertz CT molecular complexity index is 650. The highest BCUT2D eigenvalue weighted by Gasteiger charge is 2.49. The average Bonchev–Trinajstić information content (AvgIpc) is 3.40. The van der Waals surface area contributed by atoms with E-state index >= 15 is 0 Å². The molecule has 26 heavy (non-hydrogen) atoms. The molecule has 1 heteroatoms. The molecule has 0 atom stereocenters. The van der Waals surface area contributed by atoms with E-state index in [-0.39, 0.29) is 0 Å². The quantitative estimate of drug-likeness (QED) is 0.528. The molecule has 3 aliphatic carbocycles. The van der Waals surface area contributed by atoms with E-state index in [1.54, 1.807) is 12.7 Å². The molecule has 1 spiro atoms. The van der Waals surface area contributed by atoms with Crippen LogP contribution in [-0.4, -0.2) is 7.11 Å². The average molecular weight is 351 g/mol. The summed E-state index contributed by atoms with van der Waals surface area (Å²) in [5, 5.41) is 0. The van der Waals surface area contributed by atoms with Crippen molar-refractivity contribution in [2.24, 2.45) is 17.3 Å². The standard InChI is InChI=1S/C25H34O/c1-3-23-18-25(23)16-14-20(15-17-25)5-4-19-6-8-21(9-7-19)22-10-12-24(26-2)13-11-22/h3-5,10-13,19-21H,6-9,14-18H2,1-2H3/b5-4+,23-3-. The van der Waals surface area contributed by atoms with E-state index < -0.39 is 0 Å². The maximum Gasteiger partial charge on any atom is 0.118 e. The largest absolute Gasteiger partial charge is 0.497 e. The van der Waals surface area contributed by atoms with Crippen LogP contribution in [0.2, 0.25) is 0 Å². The molecular formula is C25H34O. The van der Waals surface area contributed by atoms with Crippen molar-refractivity contribution in [3.05, 3.63) is 53.6 Å². The summed E-state index contributed by atoms with van der Waals surface area (Å²) in [4.78, 5) is 0. The lowest BCUT2D eigenvalue weighted by Crippen LogP contribution is -2.15. The number of hydrogen-bond donors (Lipinski definition) is 0. The molecule has 4 rings (SSSR count). The highest BCUT2D eigenvalue weighted by molar-refractivity contribution is 5.33. The van der Waals surface area contributed by atoms with Gasteiger partial charge in [-0.15, -0.1) is 0 Å². The van der Waals surface area contributed by atoms with E-state index in [0.717, 1.165) is 23.5 Å². The Kier molecular flexibility index (Phi) is 5.25. The second kappa shape index (κ2) is 7.62. The van der Waals surface area contributed by atoms with Gasteiger partial charge in [-0.05, 0) is 106 Å². The minimum Gasteiger partial charge on any atom is -0.497 e. The van der Waals surface area contributed by atoms with Gasteiger partial charge in [0.05, 0.1) is 7.11 Å². The van der Waals surface area contributed by atoms with Crippen molar-refractivity contribution in [1.82, 2.24) is 0 Å². The number of benzene rings is 1. The summed E-state index contributed by atoms with van der Waals surface area (Å²) in [6.07, 6.45) is 20.0. The monoisotopic (exact) mass is 350 g/mol. The fourth-order valence-corrected chi connectivity index (χ4v) is 5.45. The zero-order valence-electron chi connectivity index (χ0n) is 16.5. The zero-order chi connectivity index (χ0) is 18.0. The van der Waals surface area contributed by atoms with Crippen LogP contribution in [0.4, 0.5) is 0 Å². The van der Waals surface area contributed by atoms with Gasteiger partial charge in [-0.2, -0.15) is 0 Å². The van der Waals surface area contributed by atoms with Crippen molar-refractivity contribution < 1.29 is 4.74 Å². The molecule has 1 aromatic rings. The van der Waals surface area contributed by atoms with Gasteiger partial charge in [0.25, 0.3) is 0 Å². The lowest BCUT2D eigenvalue weighted by atomic mass is 9.76. The van der Waals surface area contributed by atoms with Crippen LogP contribution >= 0.6 is 0 Å². The SMILES string of the molecule is C/C=C1/CC12CCC(/C=C/C1CCC(c3ccc(OC)cc3)CC1)CC2. The van der Waals surface area contributed by atoms with Crippen molar-refractivity contribution >= 4 is 0 Å². The van der Waals surface area contributed by atoms with Gasteiger partial charge in [0.15, 0.2) is 0 Å². The van der Waals surface area contributed by atoms with Crippen LogP contribution in [0.5, 0.6) is 5.75 Å². The molecule has 0 saturated heterocycles. The van der Waals surface area contributed by atoms with E-state index in [1.807, 2.05) is 0 Å². The molecule has 3 saturated carbocycles. The number of methoxy groups -OCH3 is 1. The first-order valence-corrected chi connectivity index (χ1v) is 10.7. The highest BCUT2D eigenvalue weighted by atomic mass is 16.5. The summed E-state index contributed by atoms with van der Waals surface area (Å²) in [7, 11) is 1.74. The molecule has 0 heterocycles. The second-order valence-electron chi connectivity index (χ2n) is 8.88. The molecule has 0 N–H and O–H groups in total. The molecule has 1 nitrogen and oxygen atoms in total. The van der Waals surface area contributed by atoms with Gasteiger partial charge in [-0.25, -0.2) is 0 Å². The molecule has 140 valence electrons. The highest BCUT2D eigenvalue weighted by Crippen LogP contribution is 2.61.